The van der Waals surface area contributed by atoms with E-state index in [1.807, 2.05) is 6.92 Å². The van der Waals surface area contributed by atoms with Crippen molar-refractivity contribution >= 4 is 17.3 Å². The van der Waals surface area contributed by atoms with Crippen molar-refractivity contribution in [2.24, 2.45) is 0 Å². The van der Waals surface area contributed by atoms with E-state index in [9.17, 15) is 4.79 Å². The highest BCUT2D eigenvalue weighted by Crippen LogP contribution is 2.26. The summed E-state index contributed by atoms with van der Waals surface area (Å²) in [5, 5.41) is 0.527. The van der Waals surface area contributed by atoms with Gasteiger partial charge in [0.2, 0.25) is 5.01 Å². The number of hydrogen-bond acceptors (Lipinski definition) is 4. The van der Waals surface area contributed by atoms with Crippen LogP contribution >= 0.6 is 11.3 Å². The zero-order chi connectivity index (χ0) is 9.97. The molecule has 0 saturated heterocycles. The number of carbonyl (C=O) groups is 1. The van der Waals surface area contributed by atoms with Gasteiger partial charge in [0.1, 0.15) is 0 Å². The van der Waals surface area contributed by atoms with E-state index in [2.05, 4.69) is 4.98 Å². The van der Waals surface area contributed by atoms with Crippen LogP contribution in [0.2, 0.25) is 0 Å². The normalized spacial score (nSPS) is 14.9. The third kappa shape index (κ3) is 1.80. The van der Waals surface area contributed by atoms with Crippen molar-refractivity contribution < 1.29 is 9.53 Å². The minimum absolute atomic E-state index is 0.271. The number of aryl methyl sites for hydroxylation is 2. The molecule has 0 atom stereocenters. The van der Waals surface area contributed by atoms with E-state index >= 15 is 0 Å². The molecule has 0 aliphatic heterocycles. The van der Waals surface area contributed by atoms with Crippen LogP contribution in [0.5, 0.6) is 0 Å². The molecule has 0 fully saturated rings. The van der Waals surface area contributed by atoms with Gasteiger partial charge in [0.15, 0.2) is 0 Å². The molecular weight excluding hydrogens is 198 g/mol. The molecule has 1 aliphatic rings. The predicted octanol–water partition coefficient (Wildman–Crippen LogP) is 2.20. The number of nitrogens with zero attached hydrogens (tertiary/aromatic N) is 1. The Morgan fingerprint density at radius 1 is 1.50 bits per heavy atom. The SMILES string of the molecule is CCOC(=O)c1nc2c(s1)CCCC2. The minimum atomic E-state index is -0.271. The molecule has 0 bridgehead atoms. The molecule has 1 heterocycles. The van der Waals surface area contributed by atoms with E-state index in [-0.39, 0.29) is 5.97 Å². The van der Waals surface area contributed by atoms with Crippen molar-refractivity contribution in [3.05, 3.63) is 15.6 Å². The number of thiazole rings is 1. The zero-order valence-electron chi connectivity index (χ0n) is 8.21. The van der Waals surface area contributed by atoms with E-state index in [1.165, 1.54) is 29.1 Å². The van der Waals surface area contributed by atoms with Crippen molar-refractivity contribution in [3.63, 3.8) is 0 Å². The van der Waals surface area contributed by atoms with Crippen molar-refractivity contribution in [2.75, 3.05) is 6.61 Å². The number of rotatable bonds is 2. The van der Waals surface area contributed by atoms with Crippen molar-refractivity contribution in [1.29, 1.82) is 0 Å². The van der Waals surface area contributed by atoms with Gasteiger partial charge in [-0.05, 0) is 32.6 Å². The molecular formula is C10H13NO2S. The summed E-state index contributed by atoms with van der Waals surface area (Å²) in [6.45, 7) is 2.23. The fraction of sp³-hybridized carbons (Fsp3) is 0.600. The topological polar surface area (TPSA) is 39.2 Å². The lowest BCUT2D eigenvalue weighted by Crippen LogP contribution is -2.04. The Morgan fingerprint density at radius 2 is 2.29 bits per heavy atom. The van der Waals surface area contributed by atoms with E-state index in [4.69, 9.17) is 4.74 Å². The van der Waals surface area contributed by atoms with Gasteiger partial charge in [0.05, 0.1) is 12.3 Å². The second kappa shape index (κ2) is 4.09. The highest BCUT2D eigenvalue weighted by Gasteiger charge is 2.19. The fourth-order valence-electron chi connectivity index (χ4n) is 1.63. The molecule has 0 amide bonds. The van der Waals surface area contributed by atoms with Crippen LogP contribution in [0.15, 0.2) is 0 Å². The Kier molecular flexibility index (Phi) is 2.82. The van der Waals surface area contributed by atoms with Gasteiger partial charge in [-0.25, -0.2) is 9.78 Å². The van der Waals surface area contributed by atoms with Gasteiger partial charge in [-0.1, -0.05) is 0 Å². The molecule has 2 rings (SSSR count). The molecule has 14 heavy (non-hydrogen) atoms. The third-order valence-corrected chi connectivity index (χ3v) is 3.43. The molecule has 0 spiro atoms. The summed E-state index contributed by atoms with van der Waals surface area (Å²) < 4.78 is 4.91. The first-order valence-electron chi connectivity index (χ1n) is 4.97. The average molecular weight is 211 g/mol. The Labute approximate surface area is 87.1 Å². The first kappa shape index (κ1) is 9.65. The Hall–Kier alpha value is -0.900. The molecule has 3 nitrogen and oxygen atoms in total. The Morgan fingerprint density at radius 3 is 3.00 bits per heavy atom. The van der Waals surface area contributed by atoms with Gasteiger partial charge in [-0.3, -0.25) is 0 Å². The average Bonchev–Trinajstić information content (AvgIpc) is 2.61. The second-order valence-corrected chi connectivity index (χ2v) is 4.40. The lowest BCUT2D eigenvalue weighted by molar-refractivity contribution is 0.0525. The van der Waals surface area contributed by atoms with Crippen molar-refractivity contribution in [3.8, 4) is 0 Å². The summed E-state index contributed by atoms with van der Waals surface area (Å²) in [5.74, 6) is -0.271. The molecule has 0 radical (unpaired) electrons. The molecule has 0 saturated carbocycles. The first-order chi connectivity index (χ1) is 6.81. The third-order valence-electron chi connectivity index (χ3n) is 2.30. The summed E-state index contributed by atoms with van der Waals surface area (Å²) in [6, 6.07) is 0. The number of esters is 1. The molecule has 4 heteroatoms. The van der Waals surface area contributed by atoms with E-state index in [0.717, 1.165) is 18.5 Å². The maximum Gasteiger partial charge on any atom is 0.367 e. The van der Waals surface area contributed by atoms with Crippen LogP contribution in [0.1, 0.15) is 40.1 Å². The summed E-state index contributed by atoms with van der Waals surface area (Å²) in [5.41, 5.74) is 1.12. The van der Waals surface area contributed by atoms with Crippen LogP contribution in [-0.4, -0.2) is 17.6 Å². The minimum Gasteiger partial charge on any atom is -0.461 e. The van der Waals surface area contributed by atoms with E-state index < -0.39 is 0 Å². The number of fused-ring (bicyclic) bond motifs is 1. The number of ether oxygens (including phenoxy) is 1. The maximum absolute atomic E-state index is 11.4. The maximum atomic E-state index is 11.4. The monoisotopic (exact) mass is 211 g/mol. The Bertz CT molecular complexity index is 322. The van der Waals surface area contributed by atoms with Crippen LogP contribution < -0.4 is 0 Å². The van der Waals surface area contributed by atoms with Crippen molar-refractivity contribution in [2.45, 2.75) is 32.6 Å². The molecule has 1 aromatic rings. The largest absolute Gasteiger partial charge is 0.461 e. The smallest absolute Gasteiger partial charge is 0.367 e. The zero-order valence-corrected chi connectivity index (χ0v) is 9.02. The Balaban J connectivity index is 2.19. The summed E-state index contributed by atoms with van der Waals surface area (Å²) >= 11 is 1.50. The lowest BCUT2D eigenvalue weighted by atomic mass is 10.0. The molecule has 1 aliphatic carbocycles. The van der Waals surface area contributed by atoms with Gasteiger partial charge in [0, 0.05) is 4.88 Å². The predicted molar refractivity (Wildman–Crippen MR) is 54.7 cm³/mol. The molecule has 1 aromatic heterocycles. The number of aromatic nitrogens is 1. The van der Waals surface area contributed by atoms with Gasteiger partial charge >= 0.3 is 5.97 Å². The number of carbonyl (C=O) groups excluding carboxylic acids is 1. The van der Waals surface area contributed by atoms with E-state index in [0.29, 0.717) is 11.6 Å². The van der Waals surface area contributed by atoms with Crippen molar-refractivity contribution in [1.82, 2.24) is 4.98 Å². The quantitative estimate of drug-likeness (QED) is 0.704. The molecule has 76 valence electrons. The number of hydrogen-bond donors (Lipinski definition) is 0. The molecule has 0 N–H and O–H groups in total. The van der Waals surface area contributed by atoms with Crippen LogP contribution in [0, 0.1) is 0 Å². The first-order valence-corrected chi connectivity index (χ1v) is 5.78. The molecule has 0 aromatic carbocycles. The summed E-state index contributed by atoms with van der Waals surface area (Å²) in [6.07, 6.45) is 4.51. The van der Waals surface area contributed by atoms with Crippen LogP contribution in [-0.2, 0) is 17.6 Å². The van der Waals surface area contributed by atoms with Gasteiger partial charge in [0.25, 0.3) is 0 Å². The van der Waals surface area contributed by atoms with Gasteiger partial charge < -0.3 is 4.74 Å². The highest BCUT2D eigenvalue weighted by molar-refractivity contribution is 7.13. The fourth-order valence-corrected chi connectivity index (χ4v) is 2.68. The highest BCUT2D eigenvalue weighted by atomic mass is 32.1. The van der Waals surface area contributed by atoms with E-state index in [1.54, 1.807) is 0 Å². The summed E-state index contributed by atoms with van der Waals surface area (Å²) in [4.78, 5) is 17.0. The second-order valence-electron chi connectivity index (χ2n) is 3.32. The van der Waals surface area contributed by atoms with Crippen LogP contribution in [0.3, 0.4) is 0 Å². The standard InChI is InChI=1S/C10H13NO2S/c1-2-13-10(12)9-11-7-5-3-4-6-8(7)14-9/h2-6H2,1H3. The van der Waals surface area contributed by atoms with Crippen LogP contribution in [0.25, 0.3) is 0 Å². The lowest BCUT2D eigenvalue weighted by Gasteiger charge is -2.06. The summed E-state index contributed by atoms with van der Waals surface area (Å²) in [7, 11) is 0. The van der Waals surface area contributed by atoms with Gasteiger partial charge in [-0.15, -0.1) is 11.3 Å². The molecule has 0 unspecified atom stereocenters. The van der Waals surface area contributed by atoms with Crippen LogP contribution in [0.4, 0.5) is 0 Å². The van der Waals surface area contributed by atoms with Gasteiger partial charge in [-0.2, -0.15) is 0 Å².